The summed E-state index contributed by atoms with van der Waals surface area (Å²) in [4.78, 5) is 23.1. The molecule has 0 atom stereocenters. The molecule has 8 heteroatoms. The maximum absolute atomic E-state index is 13.2. The highest BCUT2D eigenvalue weighted by atomic mass is 19.3. The summed E-state index contributed by atoms with van der Waals surface area (Å²) < 4.78 is 55.1. The first-order valence-corrected chi connectivity index (χ1v) is 5.85. The van der Waals surface area contributed by atoms with Crippen molar-refractivity contribution in [1.82, 2.24) is 4.90 Å². The monoisotopic (exact) mass is 307 g/mol. The second-order valence-electron chi connectivity index (χ2n) is 4.15. The van der Waals surface area contributed by atoms with Gasteiger partial charge < -0.3 is 9.64 Å². The molecule has 0 saturated heterocycles. The van der Waals surface area contributed by atoms with Gasteiger partial charge in [0.2, 0.25) is 0 Å². The molecule has 21 heavy (non-hydrogen) atoms. The van der Waals surface area contributed by atoms with Crippen LogP contribution in [-0.2, 0) is 20.9 Å². The zero-order valence-electron chi connectivity index (χ0n) is 11.1. The average Bonchev–Trinajstić information content (AvgIpc) is 2.46. The molecular weight excluding hydrogens is 294 g/mol. The molecule has 0 aromatic heterocycles. The molecule has 0 aliphatic heterocycles. The van der Waals surface area contributed by atoms with Gasteiger partial charge in [0.15, 0.2) is 0 Å². The molecule has 1 rings (SSSR count). The lowest BCUT2D eigenvalue weighted by atomic mass is 10.2. The van der Waals surface area contributed by atoms with Gasteiger partial charge in [-0.3, -0.25) is 9.59 Å². The van der Waals surface area contributed by atoms with E-state index >= 15 is 0 Å². The van der Waals surface area contributed by atoms with Crippen LogP contribution in [0.5, 0.6) is 0 Å². The molecule has 0 aliphatic carbocycles. The number of nitrogens with zero attached hydrogens (tertiary/aromatic N) is 1. The van der Waals surface area contributed by atoms with Crippen LogP contribution in [0.1, 0.15) is 5.56 Å². The predicted molar refractivity (Wildman–Crippen MR) is 64.8 cm³/mol. The molecule has 1 amide bonds. The molecule has 0 saturated carbocycles. The lowest BCUT2D eigenvalue weighted by Crippen LogP contribution is -2.49. The van der Waals surface area contributed by atoms with E-state index in [1.54, 1.807) is 18.2 Å². The van der Waals surface area contributed by atoms with Gasteiger partial charge in [-0.05, 0) is 5.56 Å². The fraction of sp³-hybridized carbons (Fsp3) is 0.385. The molecule has 116 valence electrons. The van der Waals surface area contributed by atoms with E-state index in [0.717, 1.165) is 7.11 Å². The summed E-state index contributed by atoms with van der Waals surface area (Å²) in [5.74, 6) is -7.96. The van der Waals surface area contributed by atoms with Crippen LogP contribution < -0.4 is 0 Å². The summed E-state index contributed by atoms with van der Waals surface area (Å²) in [5, 5.41) is 0. The Balaban J connectivity index is 2.97. The number of rotatable bonds is 6. The number of esters is 1. The van der Waals surface area contributed by atoms with Crippen molar-refractivity contribution >= 4 is 11.9 Å². The van der Waals surface area contributed by atoms with Crippen LogP contribution >= 0.6 is 0 Å². The van der Waals surface area contributed by atoms with Crippen LogP contribution in [0, 0.1) is 0 Å². The van der Waals surface area contributed by atoms with E-state index in [9.17, 15) is 27.2 Å². The largest absolute Gasteiger partial charge is 0.468 e. The topological polar surface area (TPSA) is 46.6 Å². The second-order valence-corrected chi connectivity index (χ2v) is 4.15. The Morgan fingerprint density at radius 3 is 2.29 bits per heavy atom. The highest BCUT2D eigenvalue weighted by Crippen LogP contribution is 2.26. The number of ether oxygens (including phenoxy) is 1. The first kappa shape index (κ1) is 16.9. The van der Waals surface area contributed by atoms with Crippen molar-refractivity contribution in [3.63, 3.8) is 0 Å². The smallest absolute Gasteiger partial charge is 0.383 e. The molecule has 0 bridgehead atoms. The lowest BCUT2D eigenvalue weighted by molar-refractivity contribution is -0.183. The van der Waals surface area contributed by atoms with Gasteiger partial charge in [-0.15, -0.1) is 0 Å². The number of alkyl halides is 4. The summed E-state index contributed by atoms with van der Waals surface area (Å²) in [6, 6.07) is 7.85. The number of halogens is 4. The van der Waals surface area contributed by atoms with E-state index in [2.05, 4.69) is 4.74 Å². The van der Waals surface area contributed by atoms with E-state index in [1.807, 2.05) is 0 Å². The Bertz CT molecular complexity index is 493. The number of carbonyl (C=O) groups is 2. The second kappa shape index (κ2) is 7.05. The first-order chi connectivity index (χ1) is 9.78. The van der Waals surface area contributed by atoms with Crippen molar-refractivity contribution in [1.29, 1.82) is 0 Å². The summed E-state index contributed by atoms with van der Waals surface area (Å²) in [7, 11) is 0.999. The third-order valence-electron chi connectivity index (χ3n) is 2.61. The van der Waals surface area contributed by atoms with Gasteiger partial charge in [-0.1, -0.05) is 30.3 Å². The van der Waals surface area contributed by atoms with Gasteiger partial charge in [0.05, 0.1) is 7.11 Å². The van der Waals surface area contributed by atoms with Crippen molar-refractivity contribution in [3.05, 3.63) is 35.9 Å². The fourth-order valence-corrected chi connectivity index (χ4v) is 1.53. The number of carbonyl (C=O) groups excluding carboxylic acids is 2. The van der Waals surface area contributed by atoms with E-state index in [4.69, 9.17) is 0 Å². The quantitative estimate of drug-likeness (QED) is 0.597. The molecular formula is C13H13F4NO3. The van der Waals surface area contributed by atoms with Crippen LogP contribution in [0.25, 0.3) is 0 Å². The SMILES string of the molecule is COC(=O)CN(Cc1ccccc1)C(=O)C(F)(F)C(F)F. The molecule has 0 fully saturated rings. The molecule has 4 nitrogen and oxygen atoms in total. The molecule has 0 heterocycles. The maximum atomic E-state index is 13.2. The Labute approximate surface area is 118 Å². The summed E-state index contributed by atoms with van der Waals surface area (Å²) in [6.45, 7) is -1.25. The van der Waals surface area contributed by atoms with Crippen LogP contribution in [0.3, 0.4) is 0 Å². The van der Waals surface area contributed by atoms with Crippen LogP contribution in [0.15, 0.2) is 30.3 Å². The lowest BCUT2D eigenvalue weighted by Gasteiger charge is -2.25. The molecule has 0 spiro atoms. The Kier molecular flexibility index (Phi) is 5.69. The van der Waals surface area contributed by atoms with Crippen molar-refractivity contribution in [2.45, 2.75) is 18.9 Å². The van der Waals surface area contributed by atoms with Crippen LogP contribution in [-0.4, -0.2) is 42.8 Å². The third kappa shape index (κ3) is 4.44. The van der Waals surface area contributed by atoms with E-state index < -0.39 is 37.3 Å². The minimum atomic E-state index is -4.86. The fourth-order valence-electron chi connectivity index (χ4n) is 1.53. The van der Waals surface area contributed by atoms with Gasteiger partial charge in [0.25, 0.3) is 5.91 Å². The summed E-state index contributed by atoms with van der Waals surface area (Å²) in [6.07, 6.45) is -4.15. The Morgan fingerprint density at radius 1 is 1.24 bits per heavy atom. The number of hydrogen-bond donors (Lipinski definition) is 0. The summed E-state index contributed by atoms with van der Waals surface area (Å²) >= 11 is 0. The van der Waals surface area contributed by atoms with Crippen LogP contribution in [0.4, 0.5) is 17.6 Å². The predicted octanol–water partition coefficient (Wildman–Crippen LogP) is 2.09. The molecule has 0 radical (unpaired) electrons. The molecule has 0 unspecified atom stereocenters. The zero-order valence-corrected chi connectivity index (χ0v) is 11.1. The highest BCUT2D eigenvalue weighted by Gasteiger charge is 2.51. The molecule has 1 aromatic rings. The summed E-state index contributed by atoms with van der Waals surface area (Å²) in [5.41, 5.74) is 0.416. The van der Waals surface area contributed by atoms with Crippen molar-refractivity contribution in [2.24, 2.45) is 0 Å². The number of amides is 1. The number of hydrogen-bond acceptors (Lipinski definition) is 3. The van der Waals surface area contributed by atoms with Crippen molar-refractivity contribution < 1.29 is 31.9 Å². The highest BCUT2D eigenvalue weighted by molar-refractivity contribution is 5.87. The first-order valence-electron chi connectivity index (χ1n) is 5.85. The minimum absolute atomic E-state index is 0.341. The van der Waals surface area contributed by atoms with Gasteiger partial charge in [-0.2, -0.15) is 8.78 Å². The standard InChI is InChI=1S/C13H13F4NO3/c1-21-10(19)8-18(7-9-5-3-2-4-6-9)12(20)13(16,17)11(14)15/h2-6,11H,7-8H2,1H3. The van der Waals surface area contributed by atoms with E-state index in [-0.39, 0.29) is 0 Å². The number of benzene rings is 1. The van der Waals surface area contributed by atoms with Gasteiger partial charge in [0, 0.05) is 6.54 Å². The third-order valence-corrected chi connectivity index (χ3v) is 2.61. The van der Waals surface area contributed by atoms with Crippen molar-refractivity contribution in [2.75, 3.05) is 13.7 Å². The van der Waals surface area contributed by atoms with Gasteiger partial charge in [-0.25, -0.2) is 8.78 Å². The Morgan fingerprint density at radius 2 is 1.81 bits per heavy atom. The van der Waals surface area contributed by atoms with E-state index in [1.165, 1.54) is 12.1 Å². The minimum Gasteiger partial charge on any atom is -0.468 e. The molecule has 0 aliphatic rings. The van der Waals surface area contributed by atoms with Crippen molar-refractivity contribution in [3.8, 4) is 0 Å². The van der Waals surface area contributed by atoms with E-state index in [0.29, 0.717) is 10.5 Å². The zero-order chi connectivity index (χ0) is 16.0. The average molecular weight is 307 g/mol. The van der Waals surface area contributed by atoms with Gasteiger partial charge in [0.1, 0.15) is 6.54 Å². The van der Waals surface area contributed by atoms with Crippen LogP contribution in [0.2, 0.25) is 0 Å². The normalized spacial score (nSPS) is 11.3. The maximum Gasteiger partial charge on any atom is 0.383 e. The Hall–Kier alpha value is -2.12. The molecule has 1 aromatic carbocycles. The number of methoxy groups -OCH3 is 1. The van der Waals surface area contributed by atoms with Gasteiger partial charge >= 0.3 is 18.3 Å². The molecule has 0 N–H and O–H groups in total.